The van der Waals surface area contributed by atoms with Crippen molar-refractivity contribution in [3.8, 4) is 11.5 Å². The lowest BCUT2D eigenvalue weighted by atomic mass is 9.97. The van der Waals surface area contributed by atoms with Crippen molar-refractivity contribution in [2.45, 2.75) is 18.7 Å². The molecule has 0 radical (unpaired) electrons. The molecule has 1 aliphatic heterocycles. The Labute approximate surface area is 161 Å². The first-order chi connectivity index (χ1) is 12.7. The van der Waals surface area contributed by atoms with Crippen LogP contribution in [0.15, 0.2) is 46.4 Å². The summed E-state index contributed by atoms with van der Waals surface area (Å²) in [6, 6.07) is 10.2. The maximum Gasteiger partial charge on any atom is 0.430 e. The van der Waals surface area contributed by atoms with E-state index in [0.29, 0.717) is 17.7 Å². The van der Waals surface area contributed by atoms with Gasteiger partial charge in [0.25, 0.3) is 0 Å². The topological polar surface area (TPSA) is 55.8 Å². The molecule has 0 aromatic heterocycles. The van der Waals surface area contributed by atoms with Crippen molar-refractivity contribution in [2.24, 2.45) is 0 Å². The van der Waals surface area contributed by atoms with Gasteiger partial charge < -0.3 is 14.6 Å². The second kappa shape index (κ2) is 7.26. The molecule has 142 valence electrons. The Kier molecular flexibility index (Phi) is 5.19. The number of carbonyl (C=O) groups is 1. The average Bonchev–Trinajstić information content (AvgIpc) is 2.60. The molecule has 0 saturated carbocycles. The number of ether oxygens (including phenoxy) is 2. The summed E-state index contributed by atoms with van der Waals surface area (Å²) in [4.78, 5) is 11.2. The Morgan fingerprint density at radius 3 is 2.63 bits per heavy atom. The third-order valence-corrected chi connectivity index (χ3v) is 4.59. The number of rotatable bonds is 4. The summed E-state index contributed by atoms with van der Waals surface area (Å²) < 4.78 is 50.7. The van der Waals surface area contributed by atoms with E-state index < -0.39 is 23.8 Å². The quantitative estimate of drug-likeness (QED) is 0.735. The van der Waals surface area contributed by atoms with Gasteiger partial charge in [-0.05, 0) is 41.5 Å². The maximum atomic E-state index is 13.2. The Balaban J connectivity index is 1.97. The summed E-state index contributed by atoms with van der Waals surface area (Å²) in [7, 11) is 1.54. The SMILES string of the molecule is COc1ccc(Br)cc1Cc1ccc2c(c1)OC(C(F)(F)F)C(C(=O)O)=C2. The fourth-order valence-corrected chi connectivity index (χ4v) is 3.27. The van der Waals surface area contributed by atoms with Crippen molar-refractivity contribution < 1.29 is 32.5 Å². The highest BCUT2D eigenvalue weighted by molar-refractivity contribution is 9.10. The maximum absolute atomic E-state index is 13.2. The van der Waals surface area contributed by atoms with Crippen molar-refractivity contribution in [3.05, 3.63) is 63.1 Å². The minimum Gasteiger partial charge on any atom is -0.496 e. The molecule has 1 unspecified atom stereocenters. The van der Waals surface area contributed by atoms with Crippen LogP contribution in [0.2, 0.25) is 0 Å². The van der Waals surface area contributed by atoms with Gasteiger partial charge in [0.2, 0.25) is 6.10 Å². The van der Waals surface area contributed by atoms with Crippen molar-refractivity contribution in [2.75, 3.05) is 7.11 Å². The molecule has 1 atom stereocenters. The average molecular weight is 443 g/mol. The molecule has 0 amide bonds. The van der Waals surface area contributed by atoms with Crippen molar-refractivity contribution in [1.29, 1.82) is 0 Å². The van der Waals surface area contributed by atoms with Crippen LogP contribution in [0, 0.1) is 0 Å². The predicted octanol–water partition coefficient (Wildman–Crippen LogP) is 4.84. The molecule has 4 nitrogen and oxygen atoms in total. The Morgan fingerprint density at radius 1 is 1.26 bits per heavy atom. The molecule has 1 heterocycles. The van der Waals surface area contributed by atoms with Gasteiger partial charge in [0.05, 0.1) is 12.7 Å². The molecule has 27 heavy (non-hydrogen) atoms. The number of halogens is 4. The van der Waals surface area contributed by atoms with Gasteiger partial charge >= 0.3 is 12.1 Å². The summed E-state index contributed by atoms with van der Waals surface area (Å²) in [6.45, 7) is 0. The van der Waals surface area contributed by atoms with E-state index in [9.17, 15) is 18.0 Å². The van der Waals surface area contributed by atoms with Crippen molar-refractivity contribution in [1.82, 2.24) is 0 Å². The van der Waals surface area contributed by atoms with E-state index in [1.54, 1.807) is 18.2 Å². The van der Waals surface area contributed by atoms with E-state index in [4.69, 9.17) is 14.6 Å². The van der Waals surface area contributed by atoms with E-state index in [1.165, 1.54) is 13.2 Å². The minimum absolute atomic E-state index is 0.00575. The lowest BCUT2D eigenvalue weighted by Crippen LogP contribution is -2.40. The van der Waals surface area contributed by atoms with Crippen LogP contribution in [0.4, 0.5) is 13.2 Å². The molecular weight excluding hydrogens is 429 g/mol. The van der Waals surface area contributed by atoms with E-state index in [1.807, 2.05) is 12.1 Å². The molecule has 3 rings (SSSR count). The van der Waals surface area contributed by atoms with Crippen LogP contribution in [-0.2, 0) is 11.2 Å². The second-order valence-electron chi connectivity index (χ2n) is 5.95. The number of methoxy groups -OCH3 is 1. The number of alkyl halides is 3. The number of aliphatic carboxylic acids is 1. The van der Waals surface area contributed by atoms with Crippen LogP contribution in [0.3, 0.4) is 0 Å². The standard InChI is InChI=1S/C19H14BrF3O4/c1-26-15-5-4-13(20)8-12(15)6-10-2-3-11-9-14(18(24)25)17(19(21,22)23)27-16(11)7-10/h2-5,7-9,17H,6H2,1H3,(H,24,25). The van der Waals surface area contributed by atoms with E-state index in [0.717, 1.165) is 16.1 Å². The largest absolute Gasteiger partial charge is 0.496 e. The van der Waals surface area contributed by atoms with E-state index in [2.05, 4.69) is 15.9 Å². The summed E-state index contributed by atoms with van der Waals surface area (Å²) in [5, 5.41) is 9.06. The Morgan fingerprint density at radius 2 is 2.00 bits per heavy atom. The second-order valence-corrected chi connectivity index (χ2v) is 6.87. The van der Waals surface area contributed by atoms with Crippen LogP contribution < -0.4 is 9.47 Å². The van der Waals surface area contributed by atoms with Gasteiger partial charge in [0.1, 0.15) is 11.5 Å². The number of fused-ring (bicyclic) bond motifs is 1. The number of carboxylic acid groups (broad SMARTS) is 1. The minimum atomic E-state index is -4.83. The highest BCUT2D eigenvalue weighted by Gasteiger charge is 2.48. The molecule has 0 fully saturated rings. The van der Waals surface area contributed by atoms with Gasteiger partial charge in [-0.1, -0.05) is 28.1 Å². The number of hydrogen-bond acceptors (Lipinski definition) is 3. The Hall–Kier alpha value is -2.48. The molecular formula is C19H14BrF3O4. The van der Waals surface area contributed by atoms with Crippen LogP contribution in [-0.4, -0.2) is 30.5 Å². The first-order valence-electron chi connectivity index (χ1n) is 7.82. The number of benzene rings is 2. The zero-order valence-corrected chi connectivity index (χ0v) is 15.6. The molecule has 0 saturated heterocycles. The summed E-state index contributed by atoms with van der Waals surface area (Å²) >= 11 is 3.38. The van der Waals surface area contributed by atoms with E-state index >= 15 is 0 Å². The fraction of sp³-hybridized carbons (Fsp3) is 0.211. The third kappa shape index (κ3) is 4.10. The first kappa shape index (κ1) is 19.3. The van der Waals surface area contributed by atoms with Crippen molar-refractivity contribution in [3.63, 3.8) is 0 Å². The molecule has 2 aromatic rings. The summed E-state index contributed by atoms with van der Waals surface area (Å²) in [5.41, 5.74) is 1.00. The van der Waals surface area contributed by atoms with E-state index in [-0.39, 0.29) is 11.3 Å². The lowest BCUT2D eigenvalue weighted by molar-refractivity contribution is -0.187. The Bertz CT molecular complexity index is 922. The van der Waals surface area contributed by atoms with Crippen LogP contribution >= 0.6 is 15.9 Å². The molecule has 1 aliphatic rings. The number of hydrogen-bond donors (Lipinski definition) is 1. The zero-order chi connectivity index (χ0) is 19.8. The zero-order valence-electron chi connectivity index (χ0n) is 14.0. The summed E-state index contributed by atoms with van der Waals surface area (Å²) in [5.74, 6) is -1.02. The summed E-state index contributed by atoms with van der Waals surface area (Å²) in [6.07, 6.45) is -5.92. The van der Waals surface area contributed by atoms with Gasteiger partial charge in [0, 0.05) is 16.5 Å². The normalized spacial score (nSPS) is 16.2. The van der Waals surface area contributed by atoms with Gasteiger partial charge in [0.15, 0.2) is 0 Å². The molecule has 2 aromatic carbocycles. The third-order valence-electron chi connectivity index (χ3n) is 4.10. The highest BCUT2D eigenvalue weighted by Crippen LogP contribution is 2.38. The van der Waals surface area contributed by atoms with Gasteiger partial charge in [-0.15, -0.1) is 0 Å². The highest BCUT2D eigenvalue weighted by atomic mass is 79.9. The molecule has 0 bridgehead atoms. The monoisotopic (exact) mass is 442 g/mol. The van der Waals surface area contributed by atoms with Gasteiger partial charge in [-0.25, -0.2) is 4.79 Å². The molecule has 8 heteroatoms. The number of carboxylic acids is 1. The molecule has 0 spiro atoms. The van der Waals surface area contributed by atoms with Crippen LogP contribution in [0.1, 0.15) is 16.7 Å². The van der Waals surface area contributed by atoms with Crippen molar-refractivity contribution >= 4 is 28.0 Å². The molecule has 0 aliphatic carbocycles. The smallest absolute Gasteiger partial charge is 0.430 e. The first-order valence-corrected chi connectivity index (χ1v) is 8.62. The van der Waals surface area contributed by atoms with Gasteiger partial charge in [-0.2, -0.15) is 13.2 Å². The van der Waals surface area contributed by atoms with Gasteiger partial charge in [-0.3, -0.25) is 0 Å². The molecule has 1 N–H and O–H groups in total. The van der Waals surface area contributed by atoms with Crippen LogP contribution in [0.5, 0.6) is 11.5 Å². The fourth-order valence-electron chi connectivity index (χ4n) is 2.87. The predicted molar refractivity (Wildman–Crippen MR) is 96.0 cm³/mol. The lowest BCUT2D eigenvalue weighted by Gasteiger charge is -2.27. The van der Waals surface area contributed by atoms with Crippen LogP contribution in [0.25, 0.3) is 6.08 Å².